The molecule has 7 nitrogen and oxygen atoms in total. The van der Waals surface area contributed by atoms with E-state index in [1.54, 1.807) is 31.4 Å². The van der Waals surface area contributed by atoms with E-state index >= 15 is 0 Å². The number of ketones is 1. The number of methoxy groups -OCH3 is 2. The van der Waals surface area contributed by atoms with E-state index in [1.165, 1.54) is 51.2 Å². The average Bonchev–Trinajstić information content (AvgIpc) is 2.90. The van der Waals surface area contributed by atoms with Gasteiger partial charge in [0.2, 0.25) is 0 Å². The molecule has 0 saturated heterocycles. The molecule has 4 bridgehead atoms. The molecule has 0 aromatic heterocycles. The second-order valence-electron chi connectivity index (χ2n) is 10.8. The van der Waals surface area contributed by atoms with Gasteiger partial charge in [-0.25, -0.2) is 4.79 Å². The molecule has 0 spiro atoms. The lowest BCUT2D eigenvalue weighted by atomic mass is 9.48. The highest BCUT2D eigenvalue weighted by molar-refractivity contribution is 5.97. The first kappa shape index (κ1) is 25.7. The van der Waals surface area contributed by atoms with Crippen LogP contribution in [-0.4, -0.2) is 52.6 Å². The van der Waals surface area contributed by atoms with Gasteiger partial charge in [0, 0.05) is 18.2 Å². The van der Waals surface area contributed by atoms with Crippen LogP contribution in [0.2, 0.25) is 0 Å². The maximum atomic E-state index is 13.1. The Morgan fingerprint density at radius 2 is 1.49 bits per heavy atom. The van der Waals surface area contributed by atoms with Crippen LogP contribution in [0.15, 0.2) is 42.5 Å². The SMILES string of the molecule is COCCOCOc1cc(C(=O)COc2ccc(C(=O)OC)cc2)ccc1C12CC3CC(CC(C3)C1)C2. The predicted octanol–water partition coefficient (Wildman–Crippen LogP) is 5.20. The molecule has 4 fully saturated rings. The minimum Gasteiger partial charge on any atom is -0.485 e. The van der Waals surface area contributed by atoms with Crippen molar-refractivity contribution >= 4 is 11.8 Å². The van der Waals surface area contributed by atoms with Crippen LogP contribution in [0.1, 0.15) is 64.8 Å². The van der Waals surface area contributed by atoms with Gasteiger partial charge in [-0.15, -0.1) is 0 Å². The van der Waals surface area contributed by atoms with Crippen molar-refractivity contribution in [2.45, 2.75) is 43.9 Å². The summed E-state index contributed by atoms with van der Waals surface area (Å²) in [6.45, 7) is 0.952. The summed E-state index contributed by atoms with van der Waals surface area (Å²) < 4.78 is 27.2. The topological polar surface area (TPSA) is 80.3 Å². The van der Waals surface area contributed by atoms with Crippen LogP contribution in [0.5, 0.6) is 11.5 Å². The molecule has 0 radical (unpaired) electrons. The predicted molar refractivity (Wildman–Crippen MR) is 137 cm³/mol. The fourth-order valence-electron chi connectivity index (χ4n) is 7.04. The molecule has 2 aromatic rings. The molecule has 6 rings (SSSR count). The average molecular weight is 509 g/mol. The van der Waals surface area contributed by atoms with E-state index < -0.39 is 5.97 Å². The van der Waals surface area contributed by atoms with Crippen LogP contribution in [0.3, 0.4) is 0 Å². The zero-order chi connectivity index (χ0) is 25.8. The van der Waals surface area contributed by atoms with Crippen LogP contribution in [-0.2, 0) is 19.6 Å². The van der Waals surface area contributed by atoms with E-state index in [9.17, 15) is 9.59 Å². The van der Waals surface area contributed by atoms with Crippen LogP contribution in [0, 0.1) is 17.8 Å². The summed E-state index contributed by atoms with van der Waals surface area (Å²) in [5, 5.41) is 0. The Labute approximate surface area is 218 Å². The Bertz CT molecular complexity index is 1070. The fraction of sp³-hybridized carbons (Fsp3) is 0.533. The summed E-state index contributed by atoms with van der Waals surface area (Å²) in [5.74, 6) is 3.11. The fourth-order valence-corrected chi connectivity index (χ4v) is 7.04. The molecule has 0 unspecified atom stereocenters. The summed E-state index contributed by atoms with van der Waals surface area (Å²) in [6, 6.07) is 12.4. The molecular formula is C30H36O7. The lowest BCUT2D eigenvalue weighted by Gasteiger charge is -2.57. The van der Waals surface area contributed by atoms with E-state index in [-0.39, 0.29) is 24.6 Å². The van der Waals surface area contributed by atoms with Crippen molar-refractivity contribution in [2.75, 3.05) is 40.8 Å². The molecule has 0 N–H and O–H groups in total. The highest BCUT2D eigenvalue weighted by atomic mass is 16.7. The summed E-state index contributed by atoms with van der Waals surface area (Å²) in [4.78, 5) is 24.7. The molecule has 37 heavy (non-hydrogen) atoms. The number of benzene rings is 2. The Morgan fingerprint density at radius 1 is 0.838 bits per heavy atom. The molecule has 4 saturated carbocycles. The monoisotopic (exact) mass is 508 g/mol. The number of rotatable bonds is 12. The molecular weight excluding hydrogens is 472 g/mol. The summed E-state index contributed by atoms with van der Waals surface area (Å²) >= 11 is 0. The smallest absolute Gasteiger partial charge is 0.337 e. The van der Waals surface area contributed by atoms with Gasteiger partial charge in [-0.1, -0.05) is 12.1 Å². The quantitative estimate of drug-likeness (QED) is 0.169. The first-order valence-corrected chi connectivity index (χ1v) is 13.2. The van der Waals surface area contributed by atoms with Crippen molar-refractivity contribution in [3.63, 3.8) is 0 Å². The molecule has 2 aromatic carbocycles. The van der Waals surface area contributed by atoms with Crippen molar-refractivity contribution in [1.29, 1.82) is 0 Å². The number of esters is 1. The van der Waals surface area contributed by atoms with Gasteiger partial charge in [0.1, 0.15) is 11.5 Å². The Balaban J connectivity index is 1.31. The van der Waals surface area contributed by atoms with Crippen LogP contribution < -0.4 is 9.47 Å². The standard InChI is InChI=1S/C30H36O7/c1-33-9-10-35-19-37-28-14-24(27(31)18-36-25-6-3-23(4-7-25)29(32)34-2)5-8-26(28)30-15-20-11-21(16-30)13-22(12-20)17-30/h3-8,14,20-22H,9-13,15-19H2,1-2H3. The molecule has 0 heterocycles. The number of ether oxygens (including phenoxy) is 5. The van der Waals surface area contributed by atoms with E-state index in [0.29, 0.717) is 30.1 Å². The Hall–Kier alpha value is -2.90. The molecule has 7 heteroatoms. The molecule has 4 aliphatic carbocycles. The first-order valence-electron chi connectivity index (χ1n) is 13.2. The van der Waals surface area contributed by atoms with Crippen molar-refractivity contribution in [1.82, 2.24) is 0 Å². The first-order chi connectivity index (χ1) is 18.0. The van der Waals surface area contributed by atoms with Crippen molar-refractivity contribution in [2.24, 2.45) is 17.8 Å². The zero-order valence-corrected chi connectivity index (χ0v) is 21.7. The minimum atomic E-state index is -0.416. The van der Waals surface area contributed by atoms with Gasteiger partial charge in [0.05, 0.1) is 25.9 Å². The summed E-state index contributed by atoms with van der Waals surface area (Å²) in [7, 11) is 2.98. The van der Waals surface area contributed by atoms with E-state index in [0.717, 1.165) is 23.5 Å². The maximum absolute atomic E-state index is 13.1. The van der Waals surface area contributed by atoms with Crippen LogP contribution in [0.4, 0.5) is 0 Å². The van der Waals surface area contributed by atoms with Gasteiger partial charge in [0.15, 0.2) is 19.2 Å². The zero-order valence-electron chi connectivity index (χ0n) is 21.7. The maximum Gasteiger partial charge on any atom is 0.337 e. The van der Waals surface area contributed by atoms with Gasteiger partial charge < -0.3 is 23.7 Å². The van der Waals surface area contributed by atoms with E-state index in [2.05, 4.69) is 6.07 Å². The number of carbonyl (C=O) groups excluding carboxylic acids is 2. The molecule has 4 aliphatic rings. The van der Waals surface area contributed by atoms with Crippen molar-refractivity contribution in [3.8, 4) is 11.5 Å². The van der Waals surface area contributed by atoms with Gasteiger partial charge in [-0.05, 0) is 92.0 Å². The normalized spacial score (nSPS) is 25.6. The number of carbonyl (C=O) groups is 2. The van der Waals surface area contributed by atoms with Gasteiger partial charge in [0.25, 0.3) is 0 Å². The summed E-state index contributed by atoms with van der Waals surface area (Å²) in [5.41, 5.74) is 2.33. The molecule has 198 valence electrons. The van der Waals surface area contributed by atoms with Crippen molar-refractivity contribution < 1.29 is 33.3 Å². The largest absolute Gasteiger partial charge is 0.485 e. The second-order valence-corrected chi connectivity index (χ2v) is 10.8. The number of Topliss-reactive ketones (excluding diaryl/α,β-unsaturated/α-hetero) is 1. The van der Waals surface area contributed by atoms with Crippen LogP contribution >= 0.6 is 0 Å². The number of hydrogen-bond acceptors (Lipinski definition) is 7. The third-order valence-electron chi connectivity index (χ3n) is 8.29. The van der Waals surface area contributed by atoms with E-state index in [4.69, 9.17) is 23.7 Å². The highest BCUT2D eigenvalue weighted by Crippen LogP contribution is 2.61. The lowest BCUT2D eigenvalue weighted by molar-refractivity contribution is -0.0190. The molecule has 0 atom stereocenters. The van der Waals surface area contributed by atoms with Crippen molar-refractivity contribution in [3.05, 3.63) is 59.2 Å². The van der Waals surface area contributed by atoms with Gasteiger partial charge >= 0.3 is 5.97 Å². The third-order valence-corrected chi connectivity index (χ3v) is 8.29. The van der Waals surface area contributed by atoms with Gasteiger partial charge in [-0.3, -0.25) is 4.79 Å². The van der Waals surface area contributed by atoms with Gasteiger partial charge in [-0.2, -0.15) is 0 Å². The van der Waals surface area contributed by atoms with E-state index in [1.807, 2.05) is 12.1 Å². The molecule has 0 aliphatic heterocycles. The third kappa shape index (κ3) is 5.68. The Morgan fingerprint density at radius 3 is 2.11 bits per heavy atom. The second kappa shape index (κ2) is 11.2. The summed E-state index contributed by atoms with van der Waals surface area (Å²) in [6.07, 6.45) is 7.71. The number of hydrogen-bond donors (Lipinski definition) is 0. The van der Waals surface area contributed by atoms with Crippen LogP contribution in [0.25, 0.3) is 0 Å². The minimum absolute atomic E-state index is 0.113. The Kier molecular flexibility index (Phi) is 7.81. The highest BCUT2D eigenvalue weighted by Gasteiger charge is 2.52. The molecule has 0 amide bonds. The lowest BCUT2D eigenvalue weighted by Crippen LogP contribution is -2.48.